The Bertz CT molecular complexity index is 1040. The van der Waals surface area contributed by atoms with Crippen LogP contribution in [0.3, 0.4) is 0 Å². The number of carbonyl (C=O) groups excluding carboxylic acids is 2. The number of aryl methyl sites for hydroxylation is 2. The van der Waals surface area contributed by atoms with E-state index in [1.165, 1.54) is 12.1 Å². The molecule has 0 aliphatic rings. The summed E-state index contributed by atoms with van der Waals surface area (Å²) in [5.74, 6) is -0.408. The minimum atomic E-state index is -2.87. The fraction of sp³-hybridized carbons (Fsp3) is 0.167. The molecule has 3 aromatic carbocycles. The van der Waals surface area contributed by atoms with E-state index in [0.29, 0.717) is 23.4 Å². The molecule has 0 saturated carbocycles. The molecule has 0 atom stereocenters. The summed E-state index contributed by atoms with van der Waals surface area (Å²) in [7, 11) is 0. The third-order valence-corrected chi connectivity index (χ3v) is 4.59. The number of alkyl halides is 2. The van der Waals surface area contributed by atoms with E-state index in [2.05, 4.69) is 15.4 Å². The molecule has 31 heavy (non-hydrogen) atoms. The van der Waals surface area contributed by atoms with E-state index in [0.717, 1.165) is 11.1 Å². The van der Waals surface area contributed by atoms with Gasteiger partial charge in [-0.25, -0.2) is 0 Å². The summed E-state index contributed by atoms with van der Waals surface area (Å²) in [6.45, 7) is -1.03. The van der Waals surface area contributed by atoms with E-state index in [9.17, 15) is 18.4 Å². The van der Waals surface area contributed by atoms with Crippen molar-refractivity contribution in [1.29, 1.82) is 0 Å². The van der Waals surface area contributed by atoms with Crippen molar-refractivity contribution in [3.63, 3.8) is 0 Å². The first-order chi connectivity index (χ1) is 14.9. The van der Waals surface area contributed by atoms with Crippen molar-refractivity contribution in [2.24, 2.45) is 0 Å². The molecule has 0 fully saturated rings. The summed E-state index contributed by atoms with van der Waals surface area (Å²) < 4.78 is 28.7. The molecule has 7 heteroatoms. The minimum Gasteiger partial charge on any atom is -0.435 e. The molecule has 0 radical (unpaired) electrons. The minimum absolute atomic E-state index is 0.0735. The smallest absolute Gasteiger partial charge is 0.387 e. The van der Waals surface area contributed by atoms with Gasteiger partial charge in [0.15, 0.2) is 0 Å². The van der Waals surface area contributed by atoms with Crippen LogP contribution in [-0.4, -0.2) is 18.4 Å². The highest BCUT2D eigenvalue weighted by Gasteiger charge is 2.11. The van der Waals surface area contributed by atoms with Crippen LogP contribution in [0.4, 0.5) is 20.2 Å². The van der Waals surface area contributed by atoms with Gasteiger partial charge in [0.1, 0.15) is 5.75 Å². The number of anilines is 2. The van der Waals surface area contributed by atoms with Crippen molar-refractivity contribution >= 4 is 23.2 Å². The second-order valence-corrected chi connectivity index (χ2v) is 6.92. The van der Waals surface area contributed by atoms with Gasteiger partial charge in [0.05, 0.1) is 0 Å². The van der Waals surface area contributed by atoms with E-state index < -0.39 is 6.61 Å². The molecule has 5 nitrogen and oxygen atoms in total. The average Bonchev–Trinajstić information content (AvgIpc) is 2.75. The zero-order valence-electron chi connectivity index (χ0n) is 16.9. The molecule has 0 heterocycles. The van der Waals surface area contributed by atoms with E-state index in [1.54, 1.807) is 42.5 Å². The van der Waals surface area contributed by atoms with Gasteiger partial charge in [-0.3, -0.25) is 9.59 Å². The molecule has 2 N–H and O–H groups in total. The Morgan fingerprint density at radius 3 is 2.32 bits per heavy atom. The zero-order chi connectivity index (χ0) is 22.2. The van der Waals surface area contributed by atoms with Crippen molar-refractivity contribution in [2.45, 2.75) is 26.4 Å². The summed E-state index contributed by atoms with van der Waals surface area (Å²) >= 11 is 0. The van der Waals surface area contributed by atoms with Gasteiger partial charge in [0.2, 0.25) is 5.91 Å². The largest absolute Gasteiger partial charge is 0.435 e. The summed E-state index contributed by atoms with van der Waals surface area (Å²) in [5, 5.41) is 5.65. The number of carbonyl (C=O) groups is 2. The predicted octanol–water partition coefficient (Wildman–Crippen LogP) is 5.42. The lowest BCUT2D eigenvalue weighted by Crippen LogP contribution is -2.15. The first kappa shape index (κ1) is 22.0. The second-order valence-electron chi connectivity index (χ2n) is 6.92. The Labute approximate surface area is 179 Å². The van der Waals surface area contributed by atoms with E-state index in [-0.39, 0.29) is 24.0 Å². The molecule has 3 aromatic rings. The highest BCUT2D eigenvalue weighted by molar-refractivity contribution is 6.05. The van der Waals surface area contributed by atoms with Crippen LogP contribution < -0.4 is 15.4 Å². The Hall–Kier alpha value is -3.74. The Balaban J connectivity index is 1.58. The van der Waals surface area contributed by atoms with Gasteiger partial charge in [-0.05, 0) is 60.9 Å². The fourth-order valence-electron chi connectivity index (χ4n) is 2.93. The molecule has 0 unspecified atom stereocenters. The molecular weight excluding hydrogens is 402 g/mol. The third kappa shape index (κ3) is 6.64. The fourth-order valence-corrected chi connectivity index (χ4v) is 2.93. The van der Waals surface area contributed by atoms with E-state index in [1.807, 2.05) is 25.1 Å². The quantitative estimate of drug-likeness (QED) is 0.507. The van der Waals surface area contributed by atoms with Gasteiger partial charge in [0, 0.05) is 23.4 Å². The lowest BCUT2D eigenvalue weighted by molar-refractivity contribution is -0.116. The lowest BCUT2D eigenvalue weighted by Gasteiger charge is -2.11. The van der Waals surface area contributed by atoms with Crippen LogP contribution in [-0.2, 0) is 11.2 Å². The van der Waals surface area contributed by atoms with Crippen LogP contribution in [0.25, 0.3) is 0 Å². The van der Waals surface area contributed by atoms with Gasteiger partial charge in [0.25, 0.3) is 5.91 Å². The molecule has 0 aliphatic heterocycles. The number of benzene rings is 3. The van der Waals surface area contributed by atoms with Crippen LogP contribution in [0, 0.1) is 6.92 Å². The number of ether oxygens (including phenoxy) is 1. The van der Waals surface area contributed by atoms with Gasteiger partial charge >= 0.3 is 6.61 Å². The third-order valence-electron chi connectivity index (χ3n) is 4.59. The number of rotatable bonds is 8. The topological polar surface area (TPSA) is 67.4 Å². The number of hydrogen-bond acceptors (Lipinski definition) is 3. The number of halogens is 2. The molecule has 160 valence electrons. The summed E-state index contributed by atoms with van der Waals surface area (Å²) in [6, 6.07) is 20.4. The predicted molar refractivity (Wildman–Crippen MR) is 116 cm³/mol. The molecule has 0 aliphatic carbocycles. The molecule has 0 saturated heterocycles. The Kier molecular flexibility index (Phi) is 7.32. The van der Waals surface area contributed by atoms with Gasteiger partial charge in [-0.2, -0.15) is 8.78 Å². The van der Waals surface area contributed by atoms with Crippen molar-refractivity contribution in [3.8, 4) is 5.75 Å². The molecule has 0 spiro atoms. The van der Waals surface area contributed by atoms with Gasteiger partial charge in [-0.1, -0.05) is 36.4 Å². The van der Waals surface area contributed by atoms with Crippen LogP contribution in [0.1, 0.15) is 27.9 Å². The van der Waals surface area contributed by atoms with Crippen LogP contribution in [0.5, 0.6) is 5.75 Å². The second kappa shape index (κ2) is 10.3. The highest BCUT2D eigenvalue weighted by Crippen LogP contribution is 2.20. The van der Waals surface area contributed by atoms with Crippen molar-refractivity contribution < 1.29 is 23.1 Å². The highest BCUT2D eigenvalue weighted by atomic mass is 19.3. The Morgan fingerprint density at radius 1 is 0.935 bits per heavy atom. The van der Waals surface area contributed by atoms with E-state index in [4.69, 9.17) is 0 Å². The number of para-hydroxylation sites is 1. The van der Waals surface area contributed by atoms with E-state index >= 15 is 0 Å². The normalized spacial score (nSPS) is 10.6. The standard InChI is InChI=1S/C24H22F2N2O3/c1-16-7-11-18(23(30)27-19-5-3-2-4-6-19)15-21(16)28-22(29)14-10-17-8-12-20(13-9-17)31-24(25)26/h2-9,11-13,15,24H,10,14H2,1H3,(H,27,30)(H,28,29). The maximum Gasteiger partial charge on any atom is 0.387 e. The average molecular weight is 424 g/mol. The summed E-state index contributed by atoms with van der Waals surface area (Å²) in [5.41, 5.74) is 3.33. The zero-order valence-corrected chi connectivity index (χ0v) is 16.9. The summed E-state index contributed by atoms with van der Waals surface area (Å²) in [4.78, 5) is 24.9. The maximum absolute atomic E-state index is 12.5. The number of amides is 2. The van der Waals surface area contributed by atoms with Crippen LogP contribution in [0.15, 0.2) is 72.8 Å². The maximum atomic E-state index is 12.5. The van der Waals surface area contributed by atoms with Crippen molar-refractivity contribution in [3.05, 3.63) is 89.5 Å². The van der Waals surface area contributed by atoms with Crippen molar-refractivity contribution in [2.75, 3.05) is 10.6 Å². The molecule has 0 aromatic heterocycles. The first-order valence-electron chi connectivity index (χ1n) is 9.71. The number of nitrogens with one attached hydrogen (secondary N) is 2. The molecular formula is C24H22F2N2O3. The molecule has 0 bridgehead atoms. The van der Waals surface area contributed by atoms with Crippen LogP contribution >= 0.6 is 0 Å². The van der Waals surface area contributed by atoms with Gasteiger partial charge < -0.3 is 15.4 Å². The monoisotopic (exact) mass is 424 g/mol. The summed E-state index contributed by atoms with van der Waals surface area (Å²) in [6.07, 6.45) is 0.642. The molecule has 3 rings (SSSR count). The number of hydrogen-bond donors (Lipinski definition) is 2. The lowest BCUT2D eigenvalue weighted by atomic mass is 10.1. The first-order valence-corrected chi connectivity index (χ1v) is 9.71. The molecule has 2 amide bonds. The Morgan fingerprint density at radius 2 is 1.65 bits per heavy atom. The SMILES string of the molecule is Cc1ccc(C(=O)Nc2ccccc2)cc1NC(=O)CCc1ccc(OC(F)F)cc1. The van der Waals surface area contributed by atoms with Crippen LogP contribution in [0.2, 0.25) is 0 Å². The van der Waals surface area contributed by atoms with Gasteiger partial charge in [-0.15, -0.1) is 0 Å². The van der Waals surface area contributed by atoms with Crippen molar-refractivity contribution in [1.82, 2.24) is 0 Å².